The minimum atomic E-state index is 0.298. The Morgan fingerprint density at radius 3 is 2.58 bits per heavy atom. The zero-order valence-corrected chi connectivity index (χ0v) is 13.7. The van der Waals surface area contributed by atoms with Gasteiger partial charge in [-0.3, -0.25) is 0 Å². The summed E-state index contributed by atoms with van der Waals surface area (Å²) in [6, 6.07) is 11.9. The first-order valence-electron chi connectivity index (χ1n) is 7.80. The van der Waals surface area contributed by atoms with Gasteiger partial charge in [-0.2, -0.15) is 0 Å². The average Bonchev–Trinajstić information content (AvgIpc) is 3.08. The summed E-state index contributed by atoms with van der Waals surface area (Å²) >= 11 is 0. The molecule has 0 saturated carbocycles. The molecule has 5 heteroatoms. The lowest BCUT2D eigenvalue weighted by molar-refractivity contribution is 0.174. The van der Waals surface area contributed by atoms with Gasteiger partial charge in [0, 0.05) is 13.1 Å². The van der Waals surface area contributed by atoms with Crippen LogP contribution in [-0.4, -0.2) is 20.5 Å². The molecule has 0 radical (unpaired) electrons. The number of fused-ring (bicyclic) bond motifs is 1. The van der Waals surface area contributed by atoms with Crippen LogP contribution < -0.4 is 24.3 Å². The van der Waals surface area contributed by atoms with Crippen molar-refractivity contribution in [3.63, 3.8) is 0 Å². The average molecular weight is 327 g/mol. The van der Waals surface area contributed by atoms with Crippen molar-refractivity contribution in [2.24, 2.45) is 0 Å². The second-order valence-electron chi connectivity index (χ2n) is 5.38. The summed E-state index contributed by atoms with van der Waals surface area (Å²) in [6.45, 7) is 5.87. The van der Waals surface area contributed by atoms with E-state index in [-0.39, 0.29) is 0 Å². The summed E-state index contributed by atoms with van der Waals surface area (Å²) in [7, 11) is 1.64. The van der Waals surface area contributed by atoms with Crippen molar-refractivity contribution in [3.8, 4) is 23.0 Å². The molecule has 3 rings (SSSR count). The van der Waals surface area contributed by atoms with Gasteiger partial charge in [0.05, 0.1) is 7.11 Å². The molecule has 0 aliphatic carbocycles. The summed E-state index contributed by atoms with van der Waals surface area (Å²) in [5.74, 6) is 3.05. The fraction of sp³-hybridized carbons (Fsp3) is 0.263. The van der Waals surface area contributed by atoms with Gasteiger partial charge in [0.15, 0.2) is 23.0 Å². The molecule has 2 aromatic rings. The van der Waals surface area contributed by atoms with Crippen LogP contribution in [0.25, 0.3) is 0 Å². The van der Waals surface area contributed by atoms with Crippen LogP contribution in [0.5, 0.6) is 23.0 Å². The van der Waals surface area contributed by atoms with Gasteiger partial charge in [-0.05, 0) is 35.4 Å². The molecule has 0 unspecified atom stereocenters. The van der Waals surface area contributed by atoms with Crippen LogP contribution in [0.1, 0.15) is 11.1 Å². The molecule has 1 N–H and O–H groups in total. The fourth-order valence-electron chi connectivity index (χ4n) is 2.49. The quantitative estimate of drug-likeness (QED) is 0.754. The molecule has 24 heavy (non-hydrogen) atoms. The molecule has 5 nitrogen and oxygen atoms in total. The molecule has 126 valence electrons. The Kier molecular flexibility index (Phi) is 5.23. The Bertz CT molecular complexity index is 715. The number of hydrogen-bond donors (Lipinski definition) is 1. The highest BCUT2D eigenvalue weighted by atomic mass is 16.7. The minimum Gasteiger partial charge on any atom is -0.493 e. The zero-order valence-electron chi connectivity index (χ0n) is 13.7. The molecular formula is C19H21NO4. The first-order valence-corrected chi connectivity index (χ1v) is 7.80. The first kappa shape index (κ1) is 16.2. The molecule has 1 aliphatic rings. The monoisotopic (exact) mass is 327 g/mol. The molecule has 0 saturated heterocycles. The number of ether oxygens (including phenoxy) is 4. The Hall–Kier alpha value is -2.66. The van der Waals surface area contributed by atoms with E-state index in [1.54, 1.807) is 13.2 Å². The smallest absolute Gasteiger partial charge is 0.231 e. The largest absolute Gasteiger partial charge is 0.493 e. The van der Waals surface area contributed by atoms with Crippen molar-refractivity contribution >= 4 is 0 Å². The Labute approximate surface area is 141 Å². The molecule has 0 atom stereocenters. The van der Waals surface area contributed by atoms with Crippen LogP contribution >= 0.6 is 0 Å². The summed E-state index contributed by atoms with van der Waals surface area (Å²) in [6.07, 6.45) is 1.71. The third-order valence-electron chi connectivity index (χ3n) is 3.68. The summed E-state index contributed by atoms with van der Waals surface area (Å²) in [5.41, 5.74) is 2.27. The third-order valence-corrected chi connectivity index (χ3v) is 3.68. The normalized spacial score (nSPS) is 12.0. The number of benzene rings is 2. The van der Waals surface area contributed by atoms with Gasteiger partial charge in [0.1, 0.15) is 6.61 Å². The third kappa shape index (κ3) is 3.81. The summed E-state index contributed by atoms with van der Waals surface area (Å²) in [4.78, 5) is 0. The maximum absolute atomic E-state index is 5.56. The lowest BCUT2D eigenvalue weighted by Gasteiger charge is -2.12. The highest BCUT2D eigenvalue weighted by Gasteiger charge is 2.13. The molecule has 1 aliphatic heterocycles. The van der Waals surface area contributed by atoms with E-state index >= 15 is 0 Å². The van der Waals surface area contributed by atoms with Crippen molar-refractivity contribution in [2.75, 3.05) is 20.5 Å². The summed E-state index contributed by atoms with van der Waals surface area (Å²) < 4.78 is 21.6. The second-order valence-corrected chi connectivity index (χ2v) is 5.38. The van der Waals surface area contributed by atoms with Crippen LogP contribution in [0.15, 0.2) is 49.1 Å². The van der Waals surface area contributed by atoms with Gasteiger partial charge >= 0.3 is 0 Å². The second kappa shape index (κ2) is 7.75. The van der Waals surface area contributed by atoms with E-state index in [1.807, 2.05) is 36.4 Å². The zero-order chi connectivity index (χ0) is 16.8. The molecule has 1 heterocycles. The predicted octanol–water partition coefficient (Wildman–Crippen LogP) is 3.28. The maximum atomic E-state index is 5.56. The predicted molar refractivity (Wildman–Crippen MR) is 91.8 cm³/mol. The maximum Gasteiger partial charge on any atom is 0.231 e. The molecule has 0 fully saturated rings. The molecule has 0 amide bonds. The standard InChI is InChI=1S/C19H21NO4/c1-3-8-22-16-6-4-14(9-18(16)21-2)11-20-12-15-5-7-17-19(10-15)24-13-23-17/h3-7,9-10,20H,1,8,11-13H2,2H3. The molecule has 0 aromatic heterocycles. The fourth-order valence-corrected chi connectivity index (χ4v) is 2.49. The van der Waals surface area contributed by atoms with Gasteiger partial charge in [0.25, 0.3) is 0 Å². The van der Waals surface area contributed by atoms with Gasteiger partial charge in [-0.25, -0.2) is 0 Å². The highest BCUT2D eigenvalue weighted by Crippen LogP contribution is 2.32. The SMILES string of the molecule is C=CCOc1ccc(CNCc2ccc3c(c2)OCO3)cc1OC. The van der Waals surface area contributed by atoms with Gasteiger partial charge in [-0.1, -0.05) is 24.8 Å². The van der Waals surface area contributed by atoms with Crippen LogP contribution in [0.2, 0.25) is 0 Å². The van der Waals surface area contributed by atoms with E-state index < -0.39 is 0 Å². The van der Waals surface area contributed by atoms with Crippen LogP contribution in [-0.2, 0) is 13.1 Å². The van der Waals surface area contributed by atoms with Gasteiger partial charge in [-0.15, -0.1) is 0 Å². The lowest BCUT2D eigenvalue weighted by atomic mass is 10.1. The Morgan fingerprint density at radius 1 is 1.04 bits per heavy atom. The van der Waals surface area contributed by atoms with E-state index in [4.69, 9.17) is 18.9 Å². The molecule has 2 aromatic carbocycles. The number of methoxy groups -OCH3 is 1. The summed E-state index contributed by atoms with van der Waals surface area (Å²) in [5, 5.41) is 3.41. The van der Waals surface area contributed by atoms with Crippen LogP contribution in [0.4, 0.5) is 0 Å². The van der Waals surface area contributed by atoms with Crippen LogP contribution in [0.3, 0.4) is 0 Å². The molecule has 0 spiro atoms. The van der Waals surface area contributed by atoms with Crippen molar-refractivity contribution in [3.05, 3.63) is 60.2 Å². The minimum absolute atomic E-state index is 0.298. The Morgan fingerprint density at radius 2 is 1.79 bits per heavy atom. The van der Waals surface area contributed by atoms with Crippen molar-refractivity contribution < 1.29 is 18.9 Å². The van der Waals surface area contributed by atoms with Crippen molar-refractivity contribution in [2.45, 2.75) is 13.1 Å². The van der Waals surface area contributed by atoms with E-state index in [1.165, 1.54) is 0 Å². The first-order chi connectivity index (χ1) is 11.8. The van der Waals surface area contributed by atoms with Crippen molar-refractivity contribution in [1.29, 1.82) is 0 Å². The highest BCUT2D eigenvalue weighted by molar-refractivity contribution is 5.45. The number of hydrogen-bond acceptors (Lipinski definition) is 5. The lowest BCUT2D eigenvalue weighted by Crippen LogP contribution is -2.12. The number of rotatable bonds is 8. The van der Waals surface area contributed by atoms with Crippen molar-refractivity contribution in [1.82, 2.24) is 5.32 Å². The molecule has 0 bridgehead atoms. The number of nitrogens with one attached hydrogen (secondary N) is 1. The molecular weight excluding hydrogens is 306 g/mol. The Balaban J connectivity index is 1.57. The van der Waals surface area contributed by atoms with E-state index in [0.717, 1.165) is 47.2 Å². The topological polar surface area (TPSA) is 49.0 Å². The van der Waals surface area contributed by atoms with Crippen LogP contribution in [0, 0.1) is 0 Å². The van der Waals surface area contributed by atoms with Gasteiger partial charge < -0.3 is 24.3 Å². The van der Waals surface area contributed by atoms with E-state index in [9.17, 15) is 0 Å². The van der Waals surface area contributed by atoms with E-state index in [2.05, 4.69) is 11.9 Å². The van der Waals surface area contributed by atoms with E-state index in [0.29, 0.717) is 13.4 Å². The van der Waals surface area contributed by atoms with Gasteiger partial charge in [0.2, 0.25) is 6.79 Å².